The highest BCUT2D eigenvalue weighted by molar-refractivity contribution is 4.74. The Kier molecular flexibility index (Phi) is 7.11. The molecule has 0 aromatic heterocycles. The summed E-state index contributed by atoms with van der Waals surface area (Å²) in [6, 6.07) is 0. The average Bonchev–Trinajstić information content (AvgIpc) is 3.44. The molecule has 134 valence electrons. The summed E-state index contributed by atoms with van der Waals surface area (Å²) in [5.41, 5.74) is 0. The normalized spacial score (nSPS) is 34.3. The highest BCUT2D eigenvalue weighted by atomic mass is 16.6. The molecular weight excluding hydrogens is 300 g/mol. The molecule has 3 unspecified atom stereocenters. The van der Waals surface area contributed by atoms with Gasteiger partial charge in [0.2, 0.25) is 0 Å². The van der Waals surface area contributed by atoms with Gasteiger partial charge in [0, 0.05) is 13.2 Å². The van der Waals surface area contributed by atoms with Crippen molar-refractivity contribution in [3.05, 3.63) is 0 Å². The molecule has 3 fully saturated rings. The summed E-state index contributed by atoms with van der Waals surface area (Å²) in [7, 11) is 0. The number of hydrogen-bond acceptors (Lipinski definition) is 6. The van der Waals surface area contributed by atoms with Crippen LogP contribution in [-0.2, 0) is 23.7 Å². The minimum Gasteiger partial charge on any atom is -0.388 e. The maximum absolute atomic E-state index is 9.78. The van der Waals surface area contributed by atoms with Gasteiger partial charge in [-0.3, -0.25) is 0 Å². The molecule has 0 aromatic carbocycles. The van der Waals surface area contributed by atoms with Gasteiger partial charge in [-0.05, 0) is 37.5 Å². The Morgan fingerprint density at radius 1 is 0.739 bits per heavy atom. The maximum atomic E-state index is 9.78. The topological polar surface area (TPSA) is 73.0 Å². The fourth-order valence-corrected chi connectivity index (χ4v) is 3.01. The van der Waals surface area contributed by atoms with Crippen molar-refractivity contribution < 1.29 is 28.8 Å². The highest BCUT2D eigenvalue weighted by Crippen LogP contribution is 2.29. The molecule has 0 aromatic rings. The lowest BCUT2D eigenvalue weighted by Gasteiger charge is -2.28. The van der Waals surface area contributed by atoms with Crippen LogP contribution in [0, 0.1) is 11.8 Å². The van der Waals surface area contributed by atoms with E-state index in [0.717, 1.165) is 33.0 Å². The van der Waals surface area contributed by atoms with Crippen LogP contribution in [0.5, 0.6) is 0 Å². The van der Waals surface area contributed by atoms with Gasteiger partial charge in [0.1, 0.15) is 18.3 Å². The molecule has 0 radical (unpaired) electrons. The minimum absolute atomic E-state index is 0.249. The lowest BCUT2D eigenvalue weighted by atomic mass is 9.83. The van der Waals surface area contributed by atoms with Gasteiger partial charge in [-0.2, -0.15) is 0 Å². The monoisotopic (exact) mass is 330 g/mol. The Morgan fingerprint density at radius 3 is 1.70 bits per heavy atom. The molecule has 6 heteroatoms. The molecule has 1 N–H and O–H groups in total. The van der Waals surface area contributed by atoms with Crippen LogP contribution in [0.4, 0.5) is 0 Å². The fourth-order valence-electron chi connectivity index (χ4n) is 3.01. The molecule has 0 amide bonds. The minimum atomic E-state index is -0.539. The quantitative estimate of drug-likeness (QED) is 0.538. The highest BCUT2D eigenvalue weighted by Gasteiger charge is 2.25. The van der Waals surface area contributed by atoms with Gasteiger partial charge < -0.3 is 28.8 Å². The van der Waals surface area contributed by atoms with E-state index in [0.29, 0.717) is 37.8 Å². The number of hydrogen-bond donors (Lipinski definition) is 1. The van der Waals surface area contributed by atoms with Crippen LogP contribution >= 0.6 is 0 Å². The largest absolute Gasteiger partial charge is 0.388 e. The summed E-state index contributed by atoms with van der Waals surface area (Å²) in [5.74, 6) is 1.31. The van der Waals surface area contributed by atoms with Gasteiger partial charge in [0.05, 0.1) is 39.6 Å². The van der Waals surface area contributed by atoms with Crippen molar-refractivity contribution in [2.45, 2.75) is 44.0 Å². The second-order valence-corrected chi connectivity index (χ2v) is 7.06. The number of ether oxygens (including phenoxy) is 5. The van der Waals surface area contributed by atoms with E-state index in [2.05, 4.69) is 0 Å². The molecule has 0 spiro atoms. The standard InChI is InChI=1S/C17H30O6/c18-15(8-21-10-17-12-23-17)7-19-5-13-1-3-14(4-2-13)6-20-9-16-11-22-16/h13-18H,1-12H2. The van der Waals surface area contributed by atoms with E-state index in [1.165, 1.54) is 25.7 Å². The third-order valence-electron chi connectivity index (χ3n) is 4.71. The van der Waals surface area contributed by atoms with Gasteiger partial charge in [-0.1, -0.05) is 0 Å². The molecule has 1 aliphatic carbocycles. The van der Waals surface area contributed by atoms with E-state index in [-0.39, 0.29) is 6.10 Å². The van der Waals surface area contributed by atoms with Gasteiger partial charge in [0.25, 0.3) is 0 Å². The first-order valence-corrected chi connectivity index (χ1v) is 8.94. The van der Waals surface area contributed by atoms with Crippen LogP contribution < -0.4 is 0 Å². The first-order valence-electron chi connectivity index (χ1n) is 8.94. The Labute approximate surface area is 138 Å². The first kappa shape index (κ1) is 17.6. The molecule has 2 saturated heterocycles. The van der Waals surface area contributed by atoms with E-state index < -0.39 is 6.10 Å². The Hall–Kier alpha value is -0.240. The molecule has 1 saturated carbocycles. The van der Waals surface area contributed by atoms with Gasteiger partial charge in [-0.15, -0.1) is 0 Å². The summed E-state index contributed by atoms with van der Waals surface area (Å²) in [6.45, 7) is 5.29. The van der Waals surface area contributed by atoms with E-state index in [1.807, 2.05) is 0 Å². The van der Waals surface area contributed by atoms with E-state index in [4.69, 9.17) is 23.7 Å². The molecule has 6 nitrogen and oxygen atoms in total. The SMILES string of the molecule is OC(COCC1CCC(COCC2CO2)CC1)COCC1CO1. The third-order valence-corrected chi connectivity index (χ3v) is 4.71. The Balaban J connectivity index is 1.14. The van der Waals surface area contributed by atoms with Gasteiger partial charge >= 0.3 is 0 Å². The lowest BCUT2D eigenvalue weighted by molar-refractivity contribution is -0.0330. The zero-order chi connectivity index (χ0) is 15.9. The predicted octanol–water partition coefficient (Wildman–Crippen LogP) is 1.00. The molecule has 3 aliphatic rings. The number of rotatable bonds is 12. The Bertz CT molecular complexity index is 323. The molecule has 3 rings (SSSR count). The second kappa shape index (κ2) is 9.30. The maximum Gasteiger partial charge on any atom is 0.104 e. The summed E-state index contributed by atoms with van der Waals surface area (Å²) < 4.78 is 26.9. The molecule has 3 atom stereocenters. The average molecular weight is 330 g/mol. The predicted molar refractivity (Wildman–Crippen MR) is 83.4 cm³/mol. The van der Waals surface area contributed by atoms with Crippen molar-refractivity contribution >= 4 is 0 Å². The van der Waals surface area contributed by atoms with Crippen molar-refractivity contribution in [1.82, 2.24) is 0 Å². The molecule has 2 aliphatic heterocycles. The van der Waals surface area contributed by atoms with Crippen LogP contribution in [0.15, 0.2) is 0 Å². The van der Waals surface area contributed by atoms with Crippen molar-refractivity contribution in [1.29, 1.82) is 0 Å². The van der Waals surface area contributed by atoms with Crippen molar-refractivity contribution in [3.63, 3.8) is 0 Å². The van der Waals surface area contributed by atoms with Crippen LogP contribution in [0.3, 0.4) is 0 Å². The van der Waals surface area contributed by atoms with E-state index in [9.17, 15) is 5.11 Å². The van der Waals surface area contributed by atoms with Gasteiger partial charge in [0.15, 0.2) is 0 Å². The smallest absolute Gasteiger partial charge is 0.104 e. The Morgan fingerprint density at radius 2 is 1.17 bits per heavy atom. The molecule has 2 heterocycles. The third kappa shape index (κ3) is 7.45. The molecular formula is C17H30O6. The summed E-state index contributed by atoms with van der Waals surface area (Å²) >= 11 is 0. The summed E-state index contributed by atoms with van der Waals surface area (Å²) in [5, 5.41) is 9.78. The van der Waals surface area contributed by atoms with Gasteiger partial charge in [-0.25, -0.2) is 0 Å². The van der Waals surface area contributed by atoms with E-state index in [1.54, 1.807) is 0 Å². The number of aliphatic hydroxyl groups is 1. The zero-order valence-corrected chi connectivity index (χ0v) is 13.9. The van der Waals surface area contributed by atoms with Crippen molar-refractivity contribution in [2.24, 2.45) is 11.8 Å². The summed E-state index contributed by atoms with van der Waals surface area (Å²) in [6.07, 6.45) is 4.90. The molecule has 0 bridgehead atoms. The lowest BCUT2D eigenvalue weighted by Crippen LogP contribution is -2.26. The van der Waals surface area contributed by atoms with E-state index >= 15 is 0 Å². The van der Waals surface area contributed by atoms with Crippen LogP contribution in [-0.4, -0.2) is 76.3 Å². The molecule has 23 heavy (non-hydrogen) atoms. The van der Waals surface area contributed by atoms with Crippen molar-refractivity contribution in [3.8, 4) is 0 Å². The summed E-state index contributed by atoms with van der Waals surface area (Å²) in [4.78, 5) is 0. The van der Waals surface area contributed by atoms with Crippen LogP contribution in [0.1, 0.15) is 25.7 Å². The number of aliphatic hydroxyl groups excluding tert-OH is 1. The zero-order valence-electron chi connectivity index (χ0n) is 13.9. The fraction of sp³-hybridized carbons (Fsp3) is 1.00. The van der Waals surface area contributed by atoms with Crippen LogP contribution in [0.2, 0.25) is 0 Å². The number of epoxide rings is 2. The first-order chi connectivity index (χ1) is 11.3. The van der Waals surface area contributed by atoms with Crippen molar-refractivity contribution in [2.75, 3.05) is 52.9 Å². The second-order valence-electron chi connectivity index (χ2n) is 7.06. The van der Waals surface area contributed by atoms with Crippen LogP contribution in [0.25, 0.3) is 0 Å².